The lowest BCUT2D eigenvalue weighted by atomic mass is 9.90. The van der Waals surface area contributed by atoms with Crippen LogP contribution in [0.25, 0.3) is 0 Å². The summed E-state index contributed by atoms with van der Waals surface area (Å²) in [6.45, 7) is 0.958. The van der Waals surface area contributed by atoms with Crippen LogP contribution in [0, 0.1) is 11.6 Å². The van der Waals surface area contributed by atoms with E-state index in [1.54, 1.807) is 17.1 Å². The van der Waals surface area contributed by atoms with Crippen molar-refractivity contribution in [1.29, 1.82) is 0 Å². The highest BCUT2D eigenvalue weighted by Crippen LogP contribution is 2.46. The van der Waals surface area contributed by atoms with E-state index in [1.807, 2.05) is 11.0 Å². The maximum Gasteiger partial charge on any atom is 0.278 e. The van der Waals surface area contributed by atoms with Gasteiger partial charge < -0.3 is 19.6 Å². The summed E-state index contributed by atoms with van der Waals surface area (Å²) >= 11 is 0. The van der Waals surface area contributed by atoms with E-state index in [4.69, 9.17) is 4.74 Å². The first-order chi connectivity index (χ1) is 18.4. The van der Waals surface area contributed by atoms with Crippen LogP contribution in [-0.4, -0.2) is 58.8 Å². The maximum atomic E-state index is 15.5. The molecule has 0 bridgehead atoms. The first-order valence-corrected chi connectivity index (χ1v) is 12.4. The van der Waals surface area contributed by atoms with E-state index in [1.165, 1.54) is 21.8 Å². The molecule has 1 N–H and O–H groups in total. The van der Waals surface area contributed by atoms with Crippen LogP contribution in [0.1, 0.15) is 50.0 Å². The Balaban J connectivity index is 1.57. The fourth-order valence-corrected chi connectivity index (χ4v) is 6.20. The Morgan fingerprint density at radius 1 is 1.00 bits per heavy atom. The number of hydrogen-bond donors (Lipinski definition) is 1. The van der Waals surface area contributed by atoms with Gasteiger partial charge in [-0.25, -0.2) is 8.78 Å². The van der Waals surface area contributed by atoms with E-state index in [0.29, 0.717) is 28.9 Å². The number of carbonyl (C=O) groups is 2. The number of nitrogens with zero attached hydrogens (tertiary/aromatic N) is 4. The second kappa shape index (κ2) is 8.12. The number of aromatic nitrogens is 1. The third kappa shape index (κ3) is 3.02. The Morgan fingerprint density at radius 2 is 1.84 bits per heavy atom. The van der Waals surface area contributed by atoms with Gasteiger partial charge in [0.2, 0.25) is 5.43 Å². The molecule has 2 atom stereocenters. The number of rotatable bonds is 1. The van der Waals surface area contributed by atoms with E-state index in [-0.39, 0.29) is 49.8 Å². The van der Waals surface area contributed by atoms with Gasteiger partial charge in [-0.05, 0) is 17.7 Å². The van der Waals surface area contributed by atoms with Crippen LogP contribution in [0.2, 0.25) is 0 Å². The molecule has 0 radical (unpaired) electrons. The summed E-state index contributed by atoms with van der Waals surface area (Å²) in [5, 5.41) is 12.5. The molecule has 9 nitrogen and oxygen atoms in total. The van der Waals surface area contributed by atoms with Crippen molar-refractivity contribution >= 4 is 17.4 Å². The lowest BCUT2D eigenvalue weighted by molar-refractivity contribution is -0.0196. The van der Waals surface area contributed by atoms with Gasteiger partial charge >= 0.3 is 0 Å². The monoisotopic (exact) mass is 520 g/mol. The standard InChI is InChI=1S/C27H22F2N4O5/c28-18-5-4-14-17(22(18)29)12-30-8-6-19(34)15-2-1-3-16(23(15)30)24(14)33-21-13-38-11-10-31(21)27(37)25-26(36)20(35)7-9-32(25)33/h1-5,7,9,21,24,36H,6,8,10-13H2/t21-,24+/m1/s1. The molecule has 0 unspecified atom stereocenters. The summed E-state index contributed by atoms with van der Waals surface area (Å²) < 4.78 is 37.2. The maximum absolute atomic E-state index is 15.5. The summed E-state index contributed by atoms with van der Waals surface area (Å²) in [6, 6.07) is 8.22. The van der Waals surface area contributed by atoms with Crippen molar-refractivity contribution in [2.24, 2.45) is 0 Å². The molecule has 5 heterocycles. The number of para-hydroxylation sites is 1. The zero-order valence-corrected chi connectivity index (χ0v) is 20.1. The summed E-state index contributed by atoms with van der Waals surface area (Å²) in [6.07, 6.45) is 0.940. The third-order valence-electron chi connectivity index (χ3n) is 7.90. The third-order valence-corrected chi connectivity index (χ3v) is 7.90. The largest absolute Gasteiger partial charge is 0.502 e. The van der Waals surface area contributed by atoms with E-state index in [9.17, 15) is 23.9 Å². The molecule has 1 aromatic heterocycles. The molecule has 1 fully saturated rings. The van der Waals surface area contributed by atoms with Gasteiger partial charge in [-0.15, -0.1) is 0 Å². The smallest absolute Gasteiger partial charge is 0.278 e. The van der Waals surface area contributed by atoms with E-state index >= 15 is 4.39 Å². The van der Waals surface area contributed by atoms with Crippen LogP contribution in [0.3, 0.4) is 0 Å². The van der Waals surface area contributed by atoms with Gasteiger partial charge in [0, 0.05) is 55.0 Å². The molecule has 4 aliphatic rings. The lowest BCUT2D eigenvalue weighted by Crippen LogP contribution is -2.66. The van der Waals surface area contributed by atoms with Crippen LogP contribution in [-0.2, 0) is 11.3 Å². The molecule has 1 saturated heterocycles. The van der Waals surface area contributed by atoms with Crippen molar-refractivity contribution in [2.45, 2.75) is 25.2 Å². The molecule has 7 rings (SSSR count). The number of carbonyl (C=O) groups excluding carboxylic acids is 2. The SMILES string of the molecule is O=C1CCN2Cc3c(ccc(F)c3F)[C@H](N3[C@@H]4COCCN4C(=O)c4c(O)c(=O)ccn43)c3cccc1c32. The highest BCUT2D eigenvalue weighted by Gasteiger charge is 2.47. The number of pyridine rings is 1. The normalized spacial score (nSPS) is 21.9. The number of anilines is 1. The zero-order chi connectivity index (χ0) is 26.3. The number of hydrogen-bond acceptors (Lipinski definition) is 7. The van der Waals surface area contributed by atoms with Gasteiger partial charge in [0.25, 0.3) is 5.91 Å². The second-order valence-electron chi connectivity index (χ2n) is 9.83. The highest BCUT2D eigenvalue weighted by molar-refractivity contribution is 6.04. The Morgan fingerprint density at radius 3 is 2.68 bits per heavy atom. The minimum Gasteiger partial charge on any atom is -0.502 e. The van der Waals surface area contributed by atoms with Crippen LogP contribution in [0.4, 0.5) is 14.5 Å². The van der Waals surface area contributed by atoms with Gasteiger partial charge in [-0.1, -0.05) is 18.2 Å². The molecule has 2 aromatic carbocycles. The molecule has 1 amide bonds. The van der Waals surface area contributed by atoms with Gasteiger partial charge in [-0.3, -0.25) is 24.1 Å². The molecule has 0 aliphatic carbocycles. The zero-order valence-electron chi connectivity index (χ0n) is 20.1. The van der Waals surface area contributed by atoms with Crippen LogP contribution in [0.15, 0.2) is 47.4 Å². The Kier molecular flexibility index (Phi) is 4.90. The average Bonchev–Trinajstić information content (AvgIpc) is 3.06. The number of Topliss-reactive ketones (excluding diaryl/α,β-unsaturated/α-hetero) is 1. The fourth-order valence-electron chi connectivity index (χ4n) is 6.20. The van der Waals surface area contributed by atoms with Crippen molar-refractivity contribution < 1.29 is 28.2 Å². The fraction of sp³-hybridized carbons (Fsp3) is 0.296. The number of amides is 1. The number of fused-ring (bicyclic) bond motifs is 3. The van der Waals surface area contributed by atoms with Gasteiger partial charge in [0.1, 0.15) is 12.2 Å². The quantitative estimate of drug-likeness (QED) is 0.526. The van der Waals surface area contributed by atoms with Crippen molar-refractivity contribution in [1.82, 2.24) is 9.58 Å². The van der Waals surface area contributed by atoms with Crippen LogP contribution >= 0.6 is 0 Å². The molecule has 0 saturated carbocycles. The molecular weight excluding hydrogens is 498 g/mol. The van der Waals surface area contributed by atoms with E-state index in [2.05, 4.69) is 0 Å². The predicted molar refractivity (Wildman–Crippen MR) is 131 cm³/mol. The molecule has 3 aromatic rings. The van der Waals surface area contributed by atoms with Crippen molar-refractivity contribution in [3.63, 3.8) is 0 Å². The summed E-state index contributed by atoms with van der Waals surface area (Å²) in [4.78, 5) is 42.2. The Labute approximate surface area is 215 Å². The minimum absolute atomic E-state index is 0.0483. The topological polar surface area (TPSA) is 95.3 Å². The molecule has 38 heavy (non-hydrogen) atoms. The number of ether oxygens (including phenoxy) is 1. The van der Waals surface area contributed by atoms with Gasteiger partial charge in [0.05, 0.1) is 18.9 Å². The number of ketones is 1. The molecular formula is C27H22F2N4O5. The second-order valence-corrected chi connectivity index (χ2v) is 9.83. The van der Waals surface area contributed by atoms with Crippen molar-refractivity contribution in [3.8, 4) is 5.75 Å². The average molecular weight is 520 g/mol. The van der Waals surface area contributed by atoms with Gasteiger partial charge in [0.15, 0.2) is 28.9 Å². The first kappa shape index (κ1) is 22.9. The highest BCUT2D eigenvalue weighted by atomic mass is 19.2. The number of halogens is 2. The molecule has 194 valence electrons. The molecule has 11 heteroatoms. The lowest BCUT2D eigenvalue weighted by Gasteiger charge is -2.51. The van der Waals surface area contributed by atoms with E-state index in [0.717, 1.165) is 12.1 Å². The molecule has 4 aliphatic heterocycles. The first-order valence-electron chi connectivity index (χ1n) is 12.4. The van der Waals surface area contributed by atoms with E-state index < -0.39 is 40.9 Å². The van der Waals surface area contributed by atoms with Crippen molar-refractivity contribution in [3.05, 3.63) is 92.4 Å². The Bertz CT molecular complexity index is 1610. The minimum atomic E-state index is -0.986. The predicted octanol–water partition coefficient (Wildman–Crippen LogP) is 2.28. The van der Waals surface area contributed by atoms with Crippen LogP contribution < -0.4 is 15.3 Å². The Hall–Kier alpha value is -4.25. The summed E-state index contributed by atoms with van der Waals surface area (Å²) in [5.41, 5.74) is 1.42. The summed E-state index contributed by atoms with van der Waals surface area (Å²) in [5.74, 6) is -3.24. The van der Waals surface area contributed by atoms with Crippen molar-refractivity contribution in [2.75, 3.05) is 36.2 Å². The van der Waals surface area contributed by atoms with Crippen LogP contribution in [0.5, 0.6) is 5.75 Å². The number of morpholine rings is 1. The number of benzene rings is 2. The number of aromatic hydroxyl groups is 1. The summed E-state index contributed by atoms with van der Waals surface area (Å²) in [7, 11) is 0. The van der Waals surface area contributed by atoms with Gasteiger partial charge in [-0.2, -0.15) is 0 Å². The molecule has 0 spiro atoms.